The summed E-state index contributed by atoms with van der Waals surface area (Å²) in [5.41, 5.74) is 2.16. The van der Waals surface area contributed by atoms with E-state index in [1.54, 1.807) is 12.1 Å². The SMILES string of the molecule is CCc1ccccc1NC=C(C#N)C#N. The highest BCUT2D eigenvalue weighted by molar-refractivity contribution is 5.54. The lowest BCUT2D eigenvalue weighted by Gasteiger charge is -2.06. The van der Waals surface area contributed by atoms with Crippen LogP contribution in [0.3, 0.4) is 0 Å². The number of nitrogens with zero attached hydrogens (tertiary/aromatic N) is 2. The minimum absolute atomic E-state index is 0.0703. The van der Waals surface area contributed by atoms with Crippen molar-refractivity contribution in [2.75, 3.05) is 5.32 Å². The van der Waals surface area contributed by atoms with Crippen LogP contribution in [0.5, 0.6) is 0 Å². The molecule has 0 saturated heterocycles. The molecule has 0 heterocycles. The fourth-order valence-corrected chi connectivity index (χ4v) is 1.21. The van der Waals surface area contributed by atoms with E-state index in [0.717, 1.165) is 17.7 Å². The van der Waals surface area contributed by atoms with Crippen LogP contribution in [0.4, 0.5) is 5.69 Å². The highest BCUT2D eigenvalue weighted by Crippen LogP contribution is 2.15. The second kappa shape index (κ2) is 5.47. The van der Waals surface area contributed by atoms with Crippen LogP contribution in [-0.2, 0) is 6.42 Å². The normalized spacial score (nSPS) is 8.47. The van der Waals surface area contributed by atoms with Gasteiger partial charge in [-0.1, -0.05) is 25.1 Å². The van der Waals surface area contributed by atoms with Crippen LogP contribution in [0.2, 0.25) is 0 Å². The van der Waals surface area contributed by atoms with E-state index in [4.69, 9.17) is 10.5 Å². The zero-order valence-electron chi connectivity index (χ0n) is 8.49. The molecule has 0 unspecified atom stereocenters. The molecular formula is C12H11N3. The Morgan fingerprint density at radius 3 is 2.60 bits per heavy atom. The van der Waals surface area contributed by atoms with E-state index < -0.39 is 0 Å². The van der Waals surface area contributed by atoms with Crippen molar-refractivity contribution in [1.29, 1.82) is 10.5 Å². The minimum atomic E-state index is 0.0703. The molecule has 0 aromatic heterocycles. The Kier molecular flexibility index (Phi) is 3.94. The molecular weight excluding hydrogens is 186 g/mol. The first kappa shape index (κ1) is 10.8. The summed E-state index contributed by atoms with van der Waals surface area (Å²) in [6, 6.07) is 11.4. The highest BCUT2D eigenvalue weighted by Gasteiger charge is 1.97. The molecule has 0 atom stereocenters. The average Bonchev–Trinajstić information content (AvgIpc) is 2.31. The predicted octanol–water partition coefficient (Wildman–Crippen LogP) is 2.59. The molecule has 0 spiro atoms. The molecule has 1 aromatic carbocycles. The lowest BCUT2D eigenvalue weighted by molar-refractivity contribution is 1.14. The molecule has 3 nitrogen and oxygen atoms in total. The molecule has 0 fully saturated rings. The summed E-state index contributed by atoms with van der Waals surface area (Å²) in [5, 5.41) is 20.1. The van der Waals surface area contributed by atoms with E-state index in [2.05, 4.69) is 12.2 Å². The molecule has 0 aliphatic carbocycles. The molecule has 0 aliphatic rings. The van der Waals surface area contributed by atoms with Crippen molar-refractivity contribution < 1.29 is 0 Å². The van der Waals surface area contributed by atoms with Gasteiger partial charge in [0.1, 0.15) is 17.7 Å². The third-order valence-corrected chi connectivity index (χ3v) is 2.01. The smallest absolute Gasteiger partial charge is 0.145 e. The maximum atomic E-state index is 8.55. The van der Waals surface area contributed by atoms with Crippen molar-refractivity contribution in [2.45, 2.75) is 13.3 Å². The van der Waals surface area contributed by atoms with Gasteiger partial charge in [0.05, 0.1) is 0 Å². The van der Waals surface area contributed by atoms with Crippen LogP contribution in [0.1, 0.15) is 12.5 Å². The first-order valence-electron chi connectivity index (χ1n) is 4.66. The predicted molar refractivity (Wildman–Crippen MR) is 58.8 cm³/mol. The second-order valence-electron chi connectivity index (χ2n) is 2.94. The number of nitrogens with one attached hydrogen (secondary N) is 1. The van der Waals surface area contributed by atoms with E-state index in [1.165, 1.54) is 6.20 Å². The number of rotatable bonds is 3. The Hall–Kier alpha value is -2.26. The number of hydrogen-bond donors (Lipinski definition) is 1. The average molecular weight is 197 g/mol. The van der Waals surface area contributed by atoms with Crippen LogP contribution in [-0.4, -0.2) is 0 Å². The summed E-state index contributed by atoms with van der Waals surface area (Å²) >= 11 is 0. The molecule has 0 bridgehead atoms. The van der Waals surface area contributed by atoms with Crippen molar-refractivity contribution in [3.63, 3.8) is 0 Å². The largest absolute Gasteiger partial charge is 0.360 e. The van der Waals surface area contributed by atoms with Gasteiger partial charge in [0.15, 0.2) is 0 Å². The number of nitriles is 2. The van der Waals surface area contributed by atoms with Crippen LogP contribution in [0.15, 0.2) is 36.0 Å². The third-order valence-electron chi connectivity index (χ3n) is 2.01. The number of aryl methyl sites for hydroxylation is 1. The number of allylic oxidation sites excluding steroid dienone is 1. The molecule has 1 aromatic rings. The van der Waals surface area contributed by atoms with Gasteiger partial charge in [0.2, 0.25) is 0 Å². The maximum absolute atomic E-state index is 8.55. The lowest BCUT2D eigenvalue weighted by atomic mass is 10.1. The van der Waals surface area contributed by atoms with E-state index in [1.807, 2.05) is 24.3 Å². The van der Waals surface area contributed by atoms with Crippen molar-refractivity contribution >= 4 is 5.69 Å². The standard InChI is InChI=1S/C12H11N3/c1-2-11-5-3-4-6-12(11)15-9-10(7-13)8-14/h3-6,9,15H,2H2,1H3. The second-order valence-corrected chi connectivity index (χ2v) is 2.94. The molecule has 0 saturated carbocycles. The van der Waals surface area contributed by atoms with Crippen molar-refractivity contribution in [3.05, 3.63) is 41.6 Å². The van der Waals surface area contributed by atoms with Gasteiger partial charge >= 0.3 is 0 Å². The van der Waals surface area contributed by atoms with E-state index in [9.17, 15) is 0 Å². The van der Waals surface area contributed by atoms with Crippen LogP contribution in [0, 0.1) is 22.7 Å². The maximum Gasteiger partial charge on any atom is 0.145 e. The summed E-state index contributed by atoms with van der Waals surface area (Å²) in [7, 11) is 0. The summed E-state index contributed by atoms with van der Waals surface area (Å²) in [6.45, 7) is 2.06. The molecule has 15 heavy (non-hydrogen) atoms. The third kappa shape index (κ3) is 2.86. The van der Waals surface area contributed by atoms with Gasteiger partial charge in [-0.15, -0.1) is 0 Å². The molecule has 0 radical (unpaired) electrons. The number of anilines is 1. The summed E-state index contributed by atoms with van der Waals surface area (Å²) in [5.74, 6) is 0. The van der Waals surface area contributed by atoms with Gasteiger partial charge in [0.25, 0.3) is 0 Å². The first-order valence-corrected chi connectivity index (χ1v) is 4.66. The summed E-state index contributed by atoms with van der Waals surface area (Å²) in [6.07, 6.45) is 2.33. The Labute approximate surface area is 89.3 Å². The van der Waals surface area contributed by atoms with Gasteiger partial charge in [-0.2, -0.15) is 10.5 Å². The van der Waals surface area contributed by atoms with Gasteiger partial charge < -0.3 is 5.32 Å². The van der Waals surface area contributed by atoms with Crippen molar-refractivity contribution in [1.82, 2.24) is 0 Å². The zero-order chi connectivity index (χ0) is 11.1. The number of para-hydroxylation sites is 1. The quantitative estimate of drug-likeness (QED) is 0.757. The first-order chi connectivity index (χ1) is 7.31. The number of hydrogen-bond acceptors (Lipinski definition) is 3. The van der Waals surface area contributed by atoms with Gasteiger partial charge in [-0.3, -0.25) is 0 Å². The van der Waals surface area contributed by atoms with E-state index in [0.29, 0.717) is 0 Å². The molecule has 0 amide bonds. The Bertz CT molecular complexity index is 431. The molecule has 3 heteroatoms. The fraction of sp³-hybridized carbons (Fsp3) is 0.167. The van der Waals surface area contributed by atoms with Crippen LogP contribution in [0.25, 0.3) is 0 Å². The minimum Gasteiger partial charge on any atom is -0.360 e. The van der Waals surface area contributed by atoms with Crippen LogP contribution < -0.4 is 5.32 Å². The highest BCUT2D eigenvalue weighted by atomic mass is 14.8. The topological polar surface area (TPSA) is 59.6 Å². The monoisotopic (exact) mass is 197 g/mol. The molecule has 0 aliphatic heterocycles. The molecule has 1 N–H and O–H groups in total. The molecule has 74 valence electrons. The van der Waals surface area contributed by atoms with Gasteiger partial charge in [-0.05, 0) is 18.1 Å². The van der Waals surface area contributed by atoms with Gasteiger partial charge in [-0.25, -0.2) is 0 Å². The summed E-state index contributed by atoms with van der Waals surface area (Å²) in [4.78, 5) is 0. The Morgan fingerprint density at radius 1 is 1.33 bits per heavy atom. The molecule has 1 rings (SSSR count). The van der Waals surface area contributed by atoms with E-state index in [-0.39, 0.29) is 5.57 Å². The number of benzene rings is 1. The van der Waals surface area contributed by atoms with Gasteiger partial charge in [0, 0.05) is 11.9 Å². The summed E-state index contributed by atoms with van der Waals surface area (Å²) < 4.78 is 0. The van der Waals surface area contributed by atoms with E-state index >= 15 is 0 Å². The Morgan fingerprint density at radius 2 is 2.00 bits per heavy atom. The van der Waals surface area contributed by atoms with Crippen molar-refractivity contribution in [3.8, 4) is 12.1 Å². The van der Waals surface area contributed by atoms with Crippen molar-refractivity contribution in [2.24, 2.45) is 0 Å². The Balaban J connectivity index is 2.87. The zero-order valence-corrected chi connectivity index (χ0v) is 8.49. The van der Waals surface area contributed by atoms with Crippen LogP contribution >= 0.6 is 0 Å². The fourth-order valence-electron chi connectivity index (χ4n) is 1.21. The lowest BCUT2D eigenvalue weighted by Crippen LogP contribution is -1.94.